The van der Waals surface area contributed by atoms with Gasteiger partial charge >= 0.3 is 11.9 Å². The summed E-state index contributed by atoms with van der Waals surface area (Å²) in [5.74, 6) is 1.02. The molecule has 0 aliphatic carbocycles. The third kappa shape index (κ3) is 20.0. The molecule has 4 N–H and O–H groups in total. The largest absolute Gasteiger partial charge is 0.481 e. The summed E-state index contributed by atoms with van der Waals surface area (Å²) in [5.41, 5.74) is 12.2. The smallest absolute Gasteiger partial charge is 0.307 e. The van der Waals surface area contributed by atoms with Gasteiger partial charge < -0.3 is 35.4 Å². The van der Waals surface area contributed by atoms with Crippen LogP contribution in [0, 0.1) is 13.8 Å². The number of carboxylic acid groups (broad SMARTS) is 1. The van der Waals surface area contributed by atoms with Crippen molar-refractivity contribution in [1.29, 1.82) is 0 Å². The Hall–Kier alpha value is -2.21. The van der Waals surface area contributed by atoms with Gasteiger partial charge in [0.2, 0.25) is 0 Å². The lowest BCUT2D eigenvalue weighted by Gasteiger charge is -2.25. The van der Waals surface area contributed by atoms with E-state index in [0.717, 1.165) is 50.4 Å². The van der Waals surface area contributed by atoms with Gasteiger partial charge in [-0.25, -0.2) is 0 Å². The van der Waals surface area contributed by atoms with E-state index >= 15 is 0 Å². The van der Waals surface area contributed by atoms with E-state index in [1.807, 2.05) is 20.8 Å². The predicted octanol–water partition coefficient (Wildman–Crippen LogP) is 6.72. The molecule has 1 radical (unpaired) electrons. The van der Waals surface area contributed by atoms with Crippen LogP contribution in [-0.2, 0) is 32.0 Å². The summed E-state index contributed by atoms with van der Waals surface area (Å²) in [6, 6.07) is 12.1. The molecule has 0 aliphatic rings. The minimum Gasteiger partial charge on any atom is -0.481 e. The molecule has 0 fully saturated rings. The normalized spacial score (nSPS) is 12.3. The van der Waals surface area contributed by atoms with E-state index in [4.69, 9.17) is 62.0 Å². The molecule has 14 heteroatoms. The van der Waals surface area contributed by atoms with Gasteiger partial charge in [-0.3, -0.25) is 9.59 Å². The van der Waals surface area contributed by atoms with Crippen molar-refractivity contribution in [3.63, 3.8) is 0 Å². The summed E-state index contributed by atoms with van der Waals surface area (Å²) in [4.78, 5) is 37.9. The van der Waals surface area contributed by atoms with Crippen LogP contribution in [0.1, 0.15) is 68.7 Å². The lowest BCUT2D eigenvalue weighted by atomic mass is 9.92. The molecule has 0 heterocycles. The number of nitrogens with two attached hydrogens (primary N) is 1. The van der Waals surface area contributed by atoms with Gasteiger partial charge in [-0.1, -0.05) is 12.1 Å². The Morgan fingerprint density at radius 3 is 1.69 bits per heavy atom. The lowest BCUT2D eigenvalue weighted by molar-refractivity contribution is -0.155. The molecule has 0 aromatic heterocycles. The van der Waals surface area contributed by atoms with Gasteiger partial charge in [0.25, 0.3) is 7.41 Å². The standard InChI is InChI=1S/C21H32BCl2N2O3.C16H24Cl2N2O2/c1-16-5-8-19(26(11-9-23)12-10-24)13-17(16)6-7-18(25-22-15-27)14-20(28)29-21(2,3)4;1-12-2-5-15(20(8-6-17)9-7-18)10-13(12)3-4-14(19)11-16(21)22/h5,8,13,15,18,25H,6-7,9-12,14H2,1-4H3;2,5,10,14H,3-4,6-9,11,19H2,1H3,(H,21,22)/t18-;14-/m00/s1. The minimum atomic E-state index is -0.853. The number of halogens is 4. The van der Waals surface area contributed by atoms with Crippen LogP contribution in [0.4, 0.5) is 11.4 Å². The number of carbonyl (C=O) groups excluding carboxylic acids is 2. The molecule has 0 amide bonds. The van der Waals surface area contributed by atoms with Gasteiger partial charge in [0, 0.05) is 73.2 Å². The van der Waals surface area contributed by atoms with Crippen molar-refractivity contribution in [3.05, 3.63) is 58.7 Å². The van der Waals surface area contributed by atoms with Gasteiger partial charge in [0.15, 0.2) is 0 Å². The SMILES string of the molecule is Cc1ccc(N(CCCl)CCCl)cc1CC[C@@H](CC(=O)OC(C)(C)C)N[B]C=O.Cc1ccc(N(CCCl)CCCl)cc1CC[C@H](N)CC(=O)O. The maximum absolute atomic E-state index is 12.2. The van der Waals surface area contributed by atoms with Crippen molar-refractivity contribution < 1.29 is 24.2 Å². The number of nitrogens with zero attached hydrogens (tertiary/aromatic N) is 2. The lowest BCUT2D eigenvalue weighted by Crippen LogP contribution is -2.37. The number of anilines is 2. The molecule has 2 aromatic rings. The topological polar surface area (TPSA) is 125 Å². The first kappa shape index (κ1) is 46.8. The summed E-state index contributed by atoms with van der Waals surface area (Å²) in [6.07, 6.45) is 3.77. The quantitative estimate of drug-likeness (QED) is 0.0487. The Labute approximate surface area is 326 Å². The Balaban J connectivity index is 0.000000530. The van der Waals surface area contributed by atoms with Crippen LogP contribution >= 0.6 is 46.4 Å². The van der Waals surface area contributed by atoms with Crippen molar-refractivity contribution in [3.8, 4) is 0 Å². The molecule has 51 heavy (non-hydrogen) atoms. The summed E-state index contributed by atoms with van der Waals surface area (Å²) in [6.45, 7) is 12.6. The minimum absolute atomic E-state index is 0.00333. The molecular formula is C37H56BCl4N4O5. The zero-order chi connectivity index (χ0) is 38.4. The highest BCUT2D eigenvalue weighted by molar-refractivity contribution is 6.64. The summed E-state index contributed by atoms with van der Waals surface area (Å²) in [5, 5.41) is 11.8. The van der Waals surface area contributed by atoms with Crippen LogP contribution in [0.15, 0.2) is 36.4 Å². The molecule has 2 rings (SSSR count). The van der Waals surface area contributed by atoms with Gasteiger partial charge in [0.1, 0.15) is 5.60 Å². The highest BCUT2D eigenvalue weighted by Crippen LogP contribution is 2.23. The van der Waals surface area contributed by atoms with Crippen molar-refractivity contribution in [2.24, 2.45) is 5.73 Å². The second-order valence-electron chi connectivity index (χ2n) is 13.3. The van der Waals surface area contributed by atoms with Crippen LogP contribution in [0.2, 0.25) is 0 Å². The number of carboxylic acids is 1. The summed E-state index contributed by atoms with van der Waals surface area (Å²) < 4.78 is 5.42. The zero-order valence-corrected chi connectivity index (χ0v) is 33.8. The number of hydrogen-bond donors (Lipinski definition) is 3. The number of esters is 1. The van der Waals surface area contributed by atoms with Crippen LogP contribution < -0.4 is 20.8 Å². The number of ether oxygens (including phenoxy) is 1. The monoisotopic (exact) mass is 787 g/mol. The van der Waals surface area contributed by atoms with E-state index in [1.165, 1.54) is 29.7 Å². The highest BCUT2D eigenvalue weighted by Gasteiger charge is 2.21. The molecule has 2 atom stereocenters. The van der Waals surface area contributed by atoms with Gasteiger partial charge in [-0.2, -0.15) is 0 Å². The van der Waals surface area contributed by atoms with Crippen molar-refractivity contribution in [1.82, 2.24) is 5.23 Å². The van der Waals surface area contributed by atoms with Gasteiger partial charge in [-0.05, 0) is 107 Å². The number of benzene rings is 2. The molecule has 0 saturated heterocycles. The fraction of sp³-hybridized carbons (Fsp3) is 0.595. The molecule has 0 aliphatic heterocycles. The van der Waals surface area contributed by atoms with Gasteiger partial charge in [0.05, 0.1) is 19.0 Å². The van der Waals surface area contributed by atoms with Crippen molar-refractivity contribution >= 4 is 83.3 Å². The van der Waals surface area contributed by atoms with E-state index in [0.29, 0.717) is 42.5 Å². The third-order valence-corrected chi connectivity index (χ3v) is 8.71. The van der Waals surface area contributed by atoms with E-state index < -0.39 is 11.6 Å². The Bertz CT molecular complexity index is 1320. The summed E-state index contributed by atoms with van der Waals surface area (Å²) >= 11 is 23.6. The van der Waals surface area contributed by atoms with Crippen molar-refractivity contribution in [2.45, 2.75) is 90.8 Å². The van der Waals surface area contributed by atoms with Gasteiger partial charge in [-0.15, -0.1) is 46.4 Å². The van der Waals surface area contributed by atoms with E-state index in [9.17, 15) is 14.4 Å². The second kappa shape index (κ2) is 25.7. The first-order valence-corrected chi connectivity index (χ1v) is 19.5. The summed E-state index contributed by atoms with van der Waals surface area (Å²) in [7, 11) is 1.33. The van der Waals surface area contributed by atoms with Crippen LogP contribution in [0.5, 0.6) is 0 Å². The van der Waals surface area contributed by atoms with E-state index in [-0.39, 0.29) is 30.9 Å². The molecule has 0 bridgehead atoms. The van der Waals surface area contributed by atoms with E-state index in [1.54, 1.807) is 0 Å². The predicted molar refractivity (Wildman–Crippen MR) is 216 cm³/mol. The van der Waals surface area contributed by atoms with Crippen LogP contribution in [0.25, 0.3) is 0 Å². The highest BCUT2D eigenvalue weighted by atomic mass is 35.5. The third-order valence-electron chi connectivity index (χ3n) is 8.03. The Kier molecular flexibility index (Phi) is 23.6. The number of aliphatic carboxylic acids is 1. The zero-order valence-electron chi connectivity index (χ0n) is 30.7. The van der Waals surface area contributed by atoms with Crippen LogP contribution in [-0.4, -0.2) is 98.0 Å². The average molecular weight is 790 g/mol. The fourth-order valence-corrected chi connectivity index (χ4v) is 6.21. The molecule has 2 aromatic carbocycles. The van der Waals surface area contributed by atoms with Crippen molar-refractivity contribution in [2.75, 3.05) is 59.5 Å². The number of carbonyl (C=O) groups is 3. The average Bonchev–Trinajstić information content (AvgIpc) is 3.05. The maximum Gasteiger partial charge on any atom is 0.307 e. The number of aryl methyl sites for hydroxylation is 4. The Morgan fingerprint density at radius 2 is 1.29 bits per heavy atom. The number of hydrogen-bond acceptors (Lipinski definition) is 8. The molecule has 9 nitrogen and oxygen atoms in total. The first-order chi connectivity index (χ1) is 24.2. The maximum atomic E-state index is 12.2. The number of nitrogens with one attached hydrogen (secondary N) is 1. The van der Waals surface area contributed by atoms with E-state index in [2.05, 4.69) is 65.3 Å². The number of alkyl halides is 4. The molecular weight excluding hydrogens is 733 g/mol. The van der Waals surface area contributed by atoms with Crippen LogP contribution in [0.3, 0.4) is 0 Å². The molecule has 0 saturated carbocycles. The fourth-order valence-electron chi connectivity index (χ4n) is 5.40. The molecule has 285 valence electrons. The molecule has 0 spiro atoms. The second-order valence-corrected chi connectivity index (χ2v) is 14.9. The number of rotatable bonds is 23. The first-order valence-electron chi connectivity index (χ1n) is 17.3. The molecule has 0 unspecified atom stereocenters. The Morgan fingerprint density at radius 1 is 0.843 bits per heavy atom.